The maximum Gasteiger partial charge on any atom is 0.380 e. The highest BCUT2D eigenvalue weighted by atomic mass is 32.2. The summed E-state index contributed by atoms with van der Waals surface area (Å²) in [5, 5.41) is 4.78. The van der Waals surface area contributed by atoms with E-state index in [0.717, 1.165) is 18.4 Å². The van der Waals surface area contributed by atoms with Crippen LogP contribution in [0.2, 0.25) is 0 Å². The minimum atomic E-state index is -3.92. The first-order valence-corrected chi connectivity index (χ1v) is 5.80. The molecule has 0 atom stereocenters. The summed E-state index contributed by atoms with van der Waals surface area (Å²) in [5.74, 6) is 0.317. The number of rotatable bonds is 4. The second kappa shape index (κ2) is 4.43. The van der Waals surface area contributed by atoms with Crippen molar-refractivity contribution in [1.29, 1.82) is 0 Å². The summed E-state index contributed by atoms with van der Waals surface area (Å²) < 4.78 is 26.1. The molecule has 0 fully saturated rings. The van der Waals surface area contributed by atoms with Crippen molar-refractivity contribution in [3.8, 4) is 5.75 Å². The van der Waals surface area contributed by atoms with Crippen LogP contribution in [-0.4, -0.2) is 8.42 Å². The van der Waals surface area contributed by atoms with E-state index >= 15 is 0 Å². The quantitative estimate of drug-likeness (QED) is 0.821. The molecule has 0 saturated heterocycles. The van der Waals surface area contributed by atoms with Crippen molar-refractivity contribution in [2.75, 3.05) is 0 Å². The molecular weight excluding hydrogens is 202 g/mol. The molecule has 1 aromatic rings. The number of nitrogens with two attached hydrogens (primary N) is 1. The average molecular weight is 215 g/mol. The van der Waals surface area contributed by atoms with Crippen molar-refractivity contribution < 1.29 is 12.6 Å². The van der Waals surface area contributed by atoms with Gasteiger partial charge >= 0.3 is 10.3 Å². The lowest BCUT2D eigenvalue weighted by Crippen LogP contribution is -2.19. The van der Waals surface area contributed by atoms with Crippen LogP contribution in [0, 0.1) is 0 Å². The zero-order chi connectivity index (χ0) is 10.6. The van der Waals surface area contributed by atoms with E-state index in [0.29, 0.717) is 5.75 Å². The SMILES string of the molecule is CCCc1ccccc1OS(N)(=O)=O. The maximum absolute atomic E-state index is 10.7. The van der Waals surface area contributed by atoms with E-state index in [2.05, 4.69) is 4.18 Å². The fourth-order valence-corrected chi connectivity index (χ4v) is 1.60. The van der Waals surface area contributed by atoms with Crippen LogP contribution < -0.4 is 9.32 Å². The molecule has 0 aliphatic rings. The molecule has 0 spiro atoms. The molecule has 5 heteroatoms. The lowest BCUT2D eigenvalue weighted by molar-refractivity contribution is 0.484. The largest absolute Gasteiger partial charge is 0.380 e. The molecule has 4 nitrogen and oxygen atoms in total. The summed E-state index contributed by atoms with van der Waals surface area (Å²) >= 11 is 0. The lowest BCUT2D eigenvalue weighted by atomic mass is 10.1. The van der Waals surface area contributed by atoms with E-state index < -0.39 is 10.3 Å². The third-order valence-electron chi connectivity index (χ3n) is 1.70. The molecule has 1 aromatic carbocycles. The van der Waals surface area contributed by atoms with Gasteiger partial charge in [-0.15, -0.1) is 0 Å². The summed E-state index contributed by atoms with van der Waals surface area (Å²) in [6, 6.07) is 6.96. The van der Waals surface area contributed by atoms with Gasteiger partial charge in [0, 0.05) is 0 Å². The van der Waals surface area contributed by atoms with Crippen LogP contribution in [-0.2, 0) is 16.7 Å². The van der Waals surface area contributed by atoms with Gasteiger partial charge in [0.25, 0.3) is 0 Å². The second-order valence-corrected chi connectivity index (χ2v) is 4.09. The molecule has 78 valence electrons. The van der Waals surface area contributed by atoms with E-state index in [1.54, 1.807) is 12.1 Å². The third kappa shape index (κ3) is 3.35. The Bertz CT molecular complexity index is 400. The van der Waals surface area contributed by atoms with Crippen LogP contribution in [0.15, 0.2) is 24.3 Å². The van der Waals surface area contributed by atoms with Crippen molar-refractivity contribution >= 4 is 10.3 Å². The highest BCUT2D eigenvalue weighted by molar-refractivity contribution is 7.84. The minimum absolute atomic E-state index is 0.317. The van der Waals surface area contributed by atoms with Crippen LogP contribution in [0.4, 0.5) is 0 Å². The van der Waals surface area contributed by atoms with Crippen LogP contribution >= 0.6 is 0 Å². The zero-order valence-corrected chi connectivity index (χ0v) is 8.75. The minimum Gasteiger partial charge on any atom is -0.371 e. The molecule has 0 heterocycles. The molecule has 0 bridgehead atoms. The van der Waals surface area contributed by atoms with E-state index in [9.17, 15) is 8.42 Å². The standard InChI is InChI=1S/C9H13NO3S/c1-2-5-8-6-3-4-7-9(8)13-14(10,11)12/h3-4,6-7H,2,5H2,1H3,(H2,10,11,12). The first-order valence-electron chi connectivity index (χ1n) is 4.33. The van der Waals surface area contributed by atoms with Gasteiger partial charge in [0.05, 0.1) is 0 Å². The van der Waals surface area contributed by atoms with Crippen molar-refractivity contribution in [3.63, 3.8) is 0 Å². The number of benzene rings is 1. The lowest BCUT2D eigenvalue weighted by Gasteiger charge is -2.07. The molecule has 0 aromatic heterocycles. The molecule has 14 heavy (non-hydrogen) atoms. The van der Waals surface area contributed by atoms with Gasteiger partial charge in [0.15, 0.2) is 0 Å². The molecule has 0 aliphatic carbocycles. The maximum atomic E-state index is 10.7. The third-order valence-corrected chi connectivity index (χ3v) is 2.11. The van der Waals surface area contributed by atoms with Gasteiger partial charge in [-0.1, -0.05) is 31.5 Å². The first kappa shape index (κ1) is 11.0. The van der Waals surface area contributed by atoms with Gasteiger partial charge < -0.3 is 4.18 Å². The van der Waals surface area contributed by atoms with E-state index in [4.69, 9.17) is 5.14 Å². The Labute approximate surface area is 83.9 Å². The molecular formula is C9H13NO3S. The van der Waals surface area contributed by atoms with Crippen molar-refractivity contribution in [1.82, 2.24) is 0 Å². The van der Waals surface area contributed by atoms with Crippen LogP contribution in [0.25, 0.3) is 0 Å². The second-order valence-electron chi connectivity index (χ2n) is 2.93. The molecule has 0 radical (unpaired) electrons. The molecule has 0 amide bonds. The first-order chi connectivity index (χ1) is 6.53. The predicted octanol–water partition coefficient (Wildman–Crippen LogP) is 1.22. The predicted molar refractivity (Wildman–Crippen MR) is 54.2 cm³/mol. The summed E-state index contributed by atoms with van der Waals surface area (Å²) in [6.07, 6.45) is 1.69. The van der Waals surface area contributed by atoms with Gasteiger partial charge in [-0.25, -0.2) is 0 Å². The fourth-order valence-electron chi connectivity index (χ4n) is 1.19. The Hall–Kier alpha value is -1.07. The fraction of sp³-hybridized carbons (Fsp3) is 0.333. The highest BCUT2D eigenvalue weighted by Gasteiger charge is 2.08. The number of hydrogen-bond acceptors (Lipinski definition) is 3. The van der Waals surface area contributed by atoms with E-state index in [1.807, 2.05) is 19.1 Å². The Morgan fingerprint density at radius 1 is 1.36 bits per heavy atom. The average Bonchev–Trinajstić information content (AvgIpc) is 2.06. The van der Waals surface area contributed by atoms with E-state index in [1.165, 1.54) is 0 Å². The molecule has 0 saturated carbocycles. The van der Waals surface area contributed by atoms with Crippen molar-refractivity contribution in [2.45, 2.75) is 19.8 Å². The van der Waals surface area contributed by atoms with Gasteiger partial charge in [-0.05, 0) is 18.1 Å². The van der Waals surface area contributed by atoms with E-state index in [-0.39, 0.29) is 0 Å². The number of para-hydroxylation sites is 1. The van der Waals surface area contributed by atoms with Gasteiger partial charge in [0.2, 0.25) is 0 Å². The summed E-state index contributed by atoms with van der Waals surface area (Å²) in [4.78, 5) is 0. The molecule has 0 unspecified atom stereocenters. The van der Waals surface area contributed by atoms with Gasteiger partial charge in [-0.3, -0.25) is 0 Å². The van der Waals surface area contributed by atoms with Crippen molar-refractivity contribution in [3.05, 3.63) is 29.8 Å². The van der Waals surface area contributed by atoms with Crippen LogP contribution in [0.1, 0.15) is 18.9 Å². The summed E-state index contributed by atoms with van der Waals surface area (Å²) in [7, 11) is -3.92. The highest BCUT2D eigenvalue weighted by Crippen LogP contribution is 2.20. The van der Waals surface area contributed by atoms with Gasteiger partial charge in [0.1, 0.15) is 5.75 Å². The molecule has 1 rings (SSSR count). The smallest absolute Gasteiger partial charge is 0.371 e. The summed E-state index contributed by atoms with van der Waals surface area (Å²) in [6.45, 7) is 2.01. The Morgan fingerprint density at radius 3 is 2.57 bits per heavy atom. The Kier molecular flexibility index (Phi) is 3.49. The van der Waals surface area contributed by atoms with Gasteiger partial charge in [-0.2, -0.15) is 13.6 Å². The Morgan fingerprint density at radius 2 is 2.00 bits per heavy atom. The van der Waals surface area contributed by atoms with Crippen molar-refractivity contribution in [2.24, 2.45) is 5.14 Å². The van der Waals surface area contributed by atoms with Crippen LogP contribution in [0.3, 0.4) is 0 Å². The number of aryl methyl sites for hydroxylation is 1. The molecule has 2 N–H and O–H groups in total. The zero-order valence-electron chi connectivity index (χ0n) is 7.93. The number of hydrogen-bond donors (Lipinski definition) is 1. The Balaban J connectivity index is 2.95. The van der Waals surface area contributed by atoms with Crippen LogP contribution in [0.5, 0.6) is 5.75 Å². The monoisotopic (exact) mass is 215 g/mol. The normalized spacial score (nSPS) is 11.3. The summed E-state index contributed by atoms with van der Waals surface area (Å²) in [5.41, 5.74) is 0.851. The topological polar surface area (TPSA) is 69.4 Å². The molecule has 0 aliphatic heterocycles.